The van der Waals surface area contributed by atoms with Gasteiger partial charge in [0.1, 0.15) is 0 Å². The first-order chi connectivity index (χ1) is 6.08. The van der Waals surface area contributed by atoms with E-state index >= 15 is 0 Å². The van der Waals surface area contributed by atoms with E-state index in [0.717, 1.165) is 6.42 Å². The van der Waals surface area contributed by atoms with E-state index in [4.69, 9.17) is 5.11 Å². The summed E-state index contributed by atoms with van der Waals surface area (Å²) in [5.74, 6) is -0.0813. The molecule has 1 N–H and O–H groups in total. The number of nitrogens with zero attached hydrogens (tertiary/aromatic N) is 1. The normalized spacial score (nSPS) is 16.4. The summed E-state index contributed by atoms with van der Waals surface area (Å²) in [4.78, 5) is 13.2. The molecule has 0 atom stereocenters. The molecule has 0 fully saturated rings. The first-order valence-electron chi connectivity index (χ1n) is 4.35. The van der Waals surface area contributed by atoms with Crippen molar-refractivity contribution in [1.29, 1.82) is 0 Å². The van der Waals surface area contributed by atoms with Crippen LogP contribution in [0.5, 0.6) is 0 Å². The van der Waals surface area contributed by atoms with Gasteiger partial charge >= 0.3 is 0 Å². The van der Waals surface area contributed by atoms with Crippen molar-refractivity contribution in [1.82, 2.24) is 4.90 Å². The smallest absolute Gasteiger partial charge is 0.238 e. The average Bonchev–Trinajstić information content (AvgIpc) is 2.18. The predicted molar refractivity (Wildman–Crippen MR) is 50.6 cm³/mol. The molecule has 0 aromatic rings. The van der Waals surface area contributed by atoms with Gasteiger partial charge in [-0.05, 0) is 20.3 Å². The van der Waals surface area contributed by atoms with Gasteiger partial charge in [-0.3, -0.25) is 9.69 Å². The fourth-order valence-electron chi connectivity index (χ4n) is 1.03. The highest BCUT2D eigenvalue weighted by Crippen LogP contribution is 2.19. The molecule has 1 aliphatic rings. The zero-order chi connectivity index (χ0) is 9.90. The molecule has 13 heavy (non-hydrogen) atoms. The van der Waals surface area contributed by atoms with E-state index in [1.54, 1.807) is 26.2 Å². The maximum atomic E-state index is 11.7. The molecule has 0 aliphatic carbocycles. The lowest BCUT2D eigenvalue weighted by Gasteiger charge is -2.26. The molecular formula is C10H15NO2. The first-order valence-corrected chi connectivity index (χ1v) is 4.35. The third-order valence-electron chi connectivity index (χ3n) is 2.01. The zero-order valence-corrected chi connectivity index (χ0v) is 8.03. The van der Waals surface area contributed by atoms with Gasteiger partial charge in [-0.25, -0.2) is 0 Å². The van der Waals surface area contributed by atoms with Crippen molar-refractivity contribution in [2.45, 2.75) is 20.3 Å². The average molecular weight is 181 g/mol. The first kappa shape index (κ1) is 9.99. The van der Waals surface area contributed by atoms with Crippen LogP contribution in [-0.4, -0.2) is 22.5 Å². The van der Waals surface area contributed by atoms with Crippen LogP contribution < -0.4 is 0 Å². The number of allylic oxidation sites excluding steroid dienone is 2. The monoisotopic (exact) mass is 181 g/mol. The Hall–Kier alpha value is -1.09. The van der Waals surface area contributed by atoms with Crippen molar-refractivity contribution in [3.63, 3.8) is 0 Å². The second kappa shape index (κ2) is 3.75. The molecule has 3 heteroatoms. The molecule has 1 rings (SSSR count). The molecule has 0 saturated carbocycles. The highest BCUT2D eigenvalue weighted by Gasteiger charge is 2.29. The Labute approximate surface area is 78.4 Å². The van der Waals surface area contributed by atoms with E-state index in [2.05, 4.69) is 0 Å². The van der Waals surface area contributed by atoms with Crippen molar-refractivity contribution in [3.8, 4) is 0 Å². The molecular weight excluding hydrogens is 166 g/mol. The topological polar surface area (TPSA) is 40.5 Å². The Bertz CT molecular complexity index is 242. The molecule has 0 radical (unpaired) electrons. The van der Waals surface area contributed by atoms with Crippen molar-refractivity contribution in [3.05, 3.63) is 24.6 Å². The van der Waals surface area contributed by atoms with E-state index in [1.165, 1.54) is 4.90 Å². The number of rotatable bonds is 2. The van der Waals surface area contributed by atoms with E-state index in [9.17, 15) is 4.79 Å². The Balaban J connectivity index is 2.72. The predicted octanol–water partition coefficient (Wildman–Crippen LogP) is 1.26. The van der Waals surface area contributed by atoms with Gasteiger partial charge in [0, 0.05) is 12.4 Å². The summed E-state index contributed by atoms with van der Waals surface area (Å²) in [6, 6.07) is 0. The van der Waals surface area contributed by atoms with Crippen LogP contribution in [0, 0.1) is 5.41 Å². The third kappa shape index (κ3) is 2.18. The van der Waals surface area contributed by atoms with Crippen LogP contribution in [0.3, 0.4) is 0 Å². The molecule has 3 nitrogen and oxygen atoms in total. The lowest BCUT2D eigenvalue weighted by molar-refractivity contribution is -0.137. The van der Waals surface area contributed by atoms with Gasteiger partial charge in [0.25, 0.3) is 0 Å². The number of carbonyl (C=O) groups is 1. The number of aliphatic hydroxyl groups is 1. The van der Waals surface area contributed by atoms with E-state index in [0.29, 0.717) is 0 Å². The van der Waals surface area contributed by atoms with E-state index in [-0.39, 0.29) is 12.5 Å². The van der Waals surface area contributed by atoms with Gasteiger partial charge in [0.05, 0.1) is 12.0 Å². The molecule has 0 aromatic carbocycles. The zero-order valence-electron chi connectivity index (χ0n) is 8.03. The second-order valence-electron chi connectivity index (χ2n) is 3.76. The summed E-state index contributed by atoms with van der Waals surface area (Å²) in [6.07, 6.45) is 8.15. The summed E-state index contributed by atoms with van der Waals surface area (Å²) in [6.45, 7) is 3.32. The van der Waals surface area contributed by atoms with Crippen molar-refractivity contribution < 1.29 is 9.90 Å². The Kier molecular flexibility index (Phi) is 2.88. The summed E-state index contributed by atoms with van der Waals surface area (Å²) >= 11 is 0. The van der Waals surface area contributed by atoms with Gasteiger partial charge in [0.2, 0.25) is 5.91 Å². The fourth-order valence-corrected chi connectivity index (χ4v) is 1.03. The Morgan fingerprint density at radius 2 is 2.00 bits per heavy atom. The summed E-state index contributed by atoms with van der Waals surface area (Å²) in [5.41, 5.74) is -0.702. The molecule has 1 amide bonds. The number of hydrogen-bond donors (Lipinski definition) is 1. The van der Waals surface area contributed by atoms with E-state index < -0.39 is 5.41 Å². The van der Waals surface area contributed by atoms with Crippen LogP contribution in [0.4, 0.5) is 0 Å². The molecule has 0 unspecified atom stereocenters. The lowest BCUT2D eigenvalue weighted by atomic mass is 9.93. The van der Waals surface area contributed by atoms with Gasteiger partial charge < -0.3 is 5.11 Å². The summed E-state index contributed by atoms with van der Waals surface area (Å²) in [5, 5.41) is 9.00. The summed E-state index contributed by atoms with van der Waals surface area (Å²) < 4.78 is 0. The number of hydrogen-bond acceptors (Lipinski definition) is 2. The Morgan fingerprint density at radius 1 is 1.46 bits per heavy atom. The molecule has 0 spiro atoms. The quantitative estimate of drug-likeness (QED) is 0.696. The minimum absolute atomic E-state index is 0.0813. The number of carbonyl (C=O) groups excluding carboxylic acids is 1. The number of aliphatic hydroxyl groups excluding tert-OH is 1. The maximum Gasteiger partial charge on any atom is 0.238 e. The van der Waals surface area contributed by atoms with Crippen LogP contribution in [0.1, 0.15) is 20.3 Å². The minimum Gasteiger partial charge on any atom is -0.395 e. The van der Waals surface area contributed by atoms with Crippen LogP contribution in [-0.2, 0) is 4.79 Å². The highest BCUT2D eigenvalue weighted by molar-refractivity contribution is 5.84. The van der Waals surface area contributed by atoms with Crippen molar-refractivity contribution in [2.75, 3.05) is 6.61 Å². The van der Waals surface area contributed by atoms with Crippen LogP contribution in [0.15, 0.2) is 24.6 Å². The second-order valence-corrected chi connectivity index (χ2v) is 3.76. The SMILES string of the molecule is CC(C)(CO)C(=O)N1C=CCC=C1. The van der Waals surface area contributed by atoms with Gasteiger partial charge in [-0.1, -0.05) is 12.2 Å². The van der Waals surface area contributed by atoms with Gasteiger partial charge in [0.15, 0.2) is 0 Å². The minimum atomic E-state index is -0.702. The van der Waals surface area contributed by atoms with Crippen molar-refractivity contribution >= 4 is 5.91 Å². The lowest BCUT2D eigenvalue weighted by Crippen LogP contribution is -2.37. The highest BCUT2D eigenvalue weighted by atomic mass is 16.3. The van der Waals surface area contributed by atoms with Gasteiger partial charge in [-0.15, -0.1) is 0 Å². The molecule has 1 heterocycles. The molecule has 0 bridgehead atoms. The summed E-state index contributed by atoms with van der Waals surface area (Å²) in [7, 11) is 0. The van der Waals surface area contributed by atoms with E-state index in [1.807, 2.05) is 12.2 Å². The van der Waals surface area contributed by atoms with Crippen LogP contribution in [0.2, 0.25) is 0 Å². The molecule has 0 saturated heterocycles. The van der Waals surface area contributed by atoms with Crippen molar-refractivity contribution in [2.24, 2.45) is 5.41 Å². The largest absolute Gasteiger partial charge is 0.395 e. The molecule has 1 aliphatic heterocycles. The number of amides is 1. The maximum absolute atomic E-state index is 11.7. The standard InChI is InChI=1S/C10H15NO2/c1-10(2,8-12)9(13)11-6-4-3-5-7-11/h4-7,12H,3,8H2,1-2H3. The van der Waals surface area contributed by atoms with Crippen LogP contribution >= 0.6 is 0 Å². The molecule has 0 aromatic heterocycles. The fraction of sp³-hybridized carbons (Fsp3) is 0.500. The van der Waals surface area contributed by atoms with Crippen LogP contribution in [0.25, 0.3) is 0 Å². The third-order valence-corrected chi connectivity index (χ3v) is 2.01. The molecule has 72 valence electrons. The van der Waals surface area contributed by atoms with Gasteiger partial charge in [-0.2, -0.15) is 0 Å². The Morgan fingerprint density at radius 3 is 2.46 bits per heavy atom.